The smallest absolute Gasteiger partial charge is 0.0180 e. The summed E-state index contributed by atoms with van der Waals surface area (Å²) in [6.45, 7) is 0.843. The molecule has 1 aromatic rings. The summed E-state index contributed by atoms with van der Waals surface area (Å²) in [4.78, 5) is 1.53. The molecule has 0 unspecified atom stereocenters. The number of hydrogen-bond donors (Lipinski definition) is 1. The zero-order chi connectivity index (χ0) is 11.1. The van der Waals surface area contributed by atoms with E-state index in [1.807, 2.05) is 11.3 Å². The number of rotatable bonds is 2. The molecule has 2 N–H and O–H groups in total. The lowest BCUT2D eigenvalue weighted by molar-refractivity contribution is -0.00643. The zero-order valence-corrected chi connectivity index (χ0v) is 10.7. The molecule has 0 saturated heterocycles. The van der Waals surface area contributed by atoms with Gasteiger partial charge in [-0.1, -0.05) is 25.3 Å². The minimum atomic E-state index is 0.353. The van der Waals surface area contributed by atoms with Crippen molar-refractivity contribution >= 4 is 11.3 Å². The maximum Gasteiger partial charge on any atom is 0.0180 e. The molecule has 2 aliphatic carbocycles. The van der Waals surface area contributed by atoms with Crippen molar-refractivity contribution in [1.29, 1.82) is 0 Å². The van der Waals surface area contributed by atoms with E-state index >= 15 is 0 Å². The molecular formula is C14H21NS. The molecule has 1 aromatic heterocycles. The molecule has 2 saturated carbocycles. The molecule has 2 heteroatoms. The molecule has 2 fully saturated rings. The summed E-state index contributed by atoms with van der Waals surface area (Å²) in [5.74, 6) is 0. The van der Waals surface area contributed by atoms with Gasteiger partial charge in [0, 0.05) is 16.8 Å². The standard InChI is InChI=1S/C14H21NS/c15-11-14(12-5-4-8-16-12)9-13(10-14)6-2-1-3-7-13/h4-5,8H,1-3,6-7,9-11,15H2. The van der Waals surface area contributed by atoms with Gasteiger partial charge in [-0.3, -0.25) is 0 Å². The van der Waals surface area contributed by atoms with Crippen LogP contribution in [0.4, 0.5) is 0 Å². The van der Waals surface area contributed by atoms with E-state index in [4.69, 9.17) is 5.73 Å². The summed E-state index contributed by atoms with van der Waals surface area (Å²) in [5.41, 5.74) is 7.09. The number of hydrogen-bond acceptors (Lipinski definition) is 2. The Morgan fingerprint density at radius 1 is 1.19 bits per heavy atom. The molecule has 2 aliphatic rings. The molecule has 0 aliphatic heterocycles. The summed E-state index contributed by atoms with van der Waals surface area (Å²) in [7, 11) is 0. The van der Waals surface area contributed by atoms with Crippen molar-refractivity contribution in [2.75, 3.05) is 6.54 Å². The predicted octanol–water partition coefficient (Wildman–Crippen LogP) is 3.69. The molecule has 88 valence electrons. The summed E-state index contributed by atoms with van der Waals surface area (Å²) in [6.07, 6.45) is 9.99. The lowest BCUT2D eigenvalue weighted by Gasteiger charge is -2.58. The van der Waals surface area contributed by atoms with Crippen LogP contribution in [-0.4, -0.2) is 6.54 Å². The average molecular weight is 235 g/mol. The topological polar surface area (TPSA) is 26.0 Å². The van der Waals surface area contributed by atoms with Crippen molar-refractivity contribution in [2.45, 2.75) is 50.4 Å². The van der Waals surface area contributed by atoms with Gasteiger partial charge in [0.2, 0.25) is 0 Å². The minimum Gasteiger partial charge on any atom is -0.330 e. The molecule has 0 bridgehead atoms. The third-order valence-electron chi connectivity index (χ3n) is 4.78. The van der Waals surface area contributed by atoms with Crippen LogP contribution in [0.2, 0.25) is 0 Å². The van der Waals surface area contributed by atoms with Gasteiger partial charge >= 0.3 is 0 Å². The minimum absolute atomic E-state index is 0.353. The Balaban J connectivity index is 1.77. The van der Waals surface area contributed by atoms with Crippen LogP contribution >= 0.6 is 11.3 Å². The van der Waals surface area contributed by atoms with E-state index in [0.717, 1.165) is 6.54 Å². The van der Waals surface area contributed by atoms with Gasteiger partial charge in [0.15, 0.2) is 0 Å². The highest BCUT2D eigenvalue weighted by Crippen LogP contribution is 2.62. The van der Waals surface area contributed by atoms with Gasteiger partial charge < -0.3 is 5.73 Å². The number of thiophene rings is 1. The Bertz CT molecular complexity index is 341. The van der Waals surface area contributed by atoms with Crippen molar-refractivity contribution in [1.82, 2.24) is 0 Å². The third kappa shape index (κ3) is 1.54. The van der Waals surface area contributed by atoms with Crippen molar-refractivity contribution in [2.24, 2.45) is 11.1 Å². The second kappa shape index (κ2) is 3.85. The van der Waals surface area contributed by atoms with E-state index < -0.39 is 0 Å². The highest BCUT2D eigenvalue weighted by atomic mass is 32.1. The maximum absolute atomic E-state index is 6.06. The molecule has 0 aromatic carbocycles. The number of nitrogens with two attached hydrogens (primary N) is 1. The summed E-state index contributed by atoms with van der Waals surface area (Å²) in [6, 6.07) is 4.45. The van der Waals surface area contributed by atoms with Crippen LogP contribution in [0.5, 0.6) is 0 Å². The molecule has 0 atom stereocenters. The fraction of sp³-hybridized carbons (Fsp3) is 0.714. The molecular weight excluding hydrogens is 214 g/mol. The Morgan fingerprint density at radius 2 is 1.94 bits per heavy atom. The van der Waals surface area contributed by atoms with E-state index in [1.165, 1.54) is 49.8 Å². The lowest BCUT2D eigenvalue weighted by atomic mass is 9.48. The van der Waals surface area contributed by atoms with Crippen molar-refractivity contribution in [3.63, 3.8) is 0 Å². The first-order chi connectivity index (χ1) is 7.79. The van der Waals surface area contributed by atoms with Crippen molar-refractivity contribution in [3.8, 4) is 0 Å². The van der Waals surface area contributed by atoms with Crippen molar-refractivity contribution in [3.05, 3.63) is 22.4 Å². The van der Waals surface area contributed by atoms with Gasteiger partial charge in [-0.15, -0.1) is 11.3 Å². The zero-order valence-electron chi connectivity index (χ0n) is 9.87. The normalized spacial score (nSPS) is 26.6. The highest BCUT2D eigenvalue weighted by molar-refractivity contribution is 7.10. The Morgan fingerprint density at radius 3 is 2.50 bits per heavy atom. The van der Waals surface area contributed by atoms with Gasteiger partial charge in [-0.05, 0) is 42.5 Å². The molecule has 1 heterocycles. The molecule has 3 rings (SSSR count). The van der Waals surface area contributed by atoms with Gasteiger partial charge in [0.25, 0.3) is 0 Å². The SMILES string of the molecule is NCC1(c2cccs2)CC2(CCCCC2)C1. The van der Waals surface area contributed by atoms with Crippen LogP contribution in [0.3, 0.4) is 0 Å². The van der Waals surface area contributed by atoms with E-state index in [-0.39, 0.29) is 0 Å². The van der Waals surface area contributed by atoms with E-state index in [2.05, 4.69) is 17.5 Å². The predicted molar refractivity (Wildman–Crippen MR) is 69.8 cm³/mol. The van der Waals surface area contributed by atoms with Crippen LogP contribution < -0.4 is 5.73 Å². The monoisotopic (exact) mass is 235 g/mol. The summed E-state index contributed by atoms with van der Waals surface area (Å²) >= 11 is 1.90. The van der Waals surface area contributed by atoms with Crippen LogP contribution in [0.25, 0.3) is 0 Å². The molecule has 16 heavy (non-hydrogen) atoms. The van der Waals surface area contributed by atoms with Crippen LogP contribution in [0.1, 0.15) is 49.8 Å². The second-order valence-corrected chi connectivity index (χ2v) is 6.82. The first-order valence-electron chi connectivity index (χ1n) is 6.53. The van der Waals surface area contributed by atoms with Crippen molar-refractivity contribution < 1.29 is 0 Å². The molecule has 1 nitrogen and oxygen atoms in total. The van der Waals surface area contributed by atoms with E-state index in [0.29, 0.717) is 10.8 Å². The largest absolute Gasteiger partial charge is 0.330 e. The van der Waals surface area contributed by atoms with Gasteiger partial charge in [-0.2, -0.15) is 0 Å². The quantitative estimate of drug-likeness (QED) is 0.831. The Kier molecular flexibility index (Phi) is 2.60. The van der Waals surface area contributed by atoms with Gasteiger partial charge in [-0.25, -0.2) is 0 Å². The first-order valence-corrected chi connectivity index (χ1v) is 7.41. The molecule has 1 spiro atoms. The second-order valence-electron chi connectivity index (χ2n) is 5.88. The maximum atomic E-state index is 6.06. The van der Waals surface area contributed by atoms with Crippen LogP contribution in [0.15, 0.2) is 17.5 Å². The average Bonchev–Trinajstić information content (AvgIpc) is 2.80. The Hall–Kier alpha value is -0.340. The van der Waals surface area contributed by atoms with Gasteiger partial charge in [0.1, 0.15) is 0 Å². The van der Waals surface area contributed by atoms with Gasteiger partial charge in [0.05, 0.1) is 0 Å². The Labute approximate surface area is 102 Å². The fourth-order valence-electron chi connectivity index (χ4n) is 4.04. The van der Waals surface area contributed by atoms with Crippen LogP contribution in [-0.2, 0) is 5.41 Å². The van der Waals surface area contributed by atoms with E-state index in [9.17, 15) is 0 Å². The molecule has 0 radical (unpaired) electrons. The molecule has 0 amide bonds. The fourth-order valence-corrected chi connectivity index (χ4v) is 4.98. The summed E-state index contributed by atoms with van der Waals surface area (Å²) < 4.78 is 0. The lowest BCUT2D eigenvalue weighted by Crippen LogP contribution is -2.54. The summed E-state index contributed by atoms with van der Waals surface area (Å²) in [5, 5.41) is 2.19. The van der Waals surface area contributed by atoms with Crippen LogP contribution in [0, 0.1) is 5.41 Å². The highest BCUT2D eigenvalue weighted by Gasteiger charge is 2.54. The third-order valence-corrected chi connectivity index (χ3v) is 5.89. The van der Waals surface area contributed by atoms with E-state index in [1.54, 1.807) is 0 Å². The first kappa shape index (κ1) is 10.8.